The lowest BCUT2D eigenvalue weighted by Crippen LogP contribution is -2.48. The van der Waals surface area contributed by atoms with Crippen molar-refractivity contribution in [2.75, 3.05) is 39.3 Å². The lowest BCUT2D eigenvalue weighted by Gasteiger charge is -2.34. The van der Waals surface area contributed by atoms with Crippen molar-refractivity contribution in [3.63, 3.8) is 0 Å². The van der Waals surface area contributed by atoms with Crippen molar-refractivity contribution in [3.8, 4) is 23.1 Å². The molecule has 4 heterocycles. The number of amides is 1. The minimum Gasteiger partial charge on any atom is -0.478 e. The van der Waals surface area contributed by atoms with E-state index < -0.39 is 0 Å². The average Bonchev–Trinajstić information content (AvgIpc) is 3.59. The van der Waals surface area contributed by atoms with Crippen LogP contribution in [0.4, 0.5) is 0 Å². The summed E-state index contributed by atoms with van der Waals surface area (Å²) < 4.78 is 14.4. The number of rotatable bonds is 10. The van der Waals surface area contributed by atoms with Crippen LogP contribution in [0.1, 0.15) is 44.2 Å². The molecule has 2 fully saturated rings. The van der Waals surface area contributed by atoms with E-state index in [1.54, 1.807) is 13.3 Å². The molecule has 2 aliphatic rings. The number of carbonyl (C=O) groups excluding carboxylic acids is 1. The van der Waals surface area contributed by atoms with Crippen molar-refractivity contribution in [2.45, 2.75) is 52.2 Å². The maximum Gasteiger partial charge on any atom is 0.245 e. The zero-order valence-electron chi connectivity index (χ0n) is 24.0. The maximum atomic E-state index is 11.5. The Bertz CT molecular complexity index is 1530. The van der Waals surface area contributed by atoms with Gasteiger partial charge in [-0.3, -0.25) is 9.69 Å². The largest absolute Gasteiger partial charge is 0.478 e. The molecule has 10 nitrogen and oxygen atoms in total. The smallest absolute Gasteiger partial charge is 0.245 e. The fourth-order valence-corrected chi connectivity index (χ4v) is 5.22. The van der Waals surface area contributed by atoms with Gasteiger partial charge in [0.05, 0.1) is 13.2 Å². The van der Waals surface area contributed by atoms with Crippen LogP contribution in [0.25, 0.3) is 22.6 Å². The highest BCUT2D eigenvalue weighted by molar-refractivity contribution is 5.82. The number of hydrogen-bond acceptors (Lipinski definition) is 8. The molecule has 1 saturated heterocycles. The van der Waals surface area contributed by atoms with E-state index in [1.165, 1.54) is 0 Å². The summed E-state index contributed by atoms with van der Waals surface area (Å²) in [5.41, 5.74) is 4.31. The van der Waals surface area contributed by atoms with Gasteiger partial charge in [-0.25, -0.2) is 15.0 Å². The van der Waals surface area contributed by atoms with Crippen molar-refractivity contribution in [2.24, 2.45) is 0 Å². The van der Waals surface area contributed by atoms with Gasteiger partial charge in [-0.05, 0) is 44.2 Å². The minimum absolute atomic E-state index is 0.155. The van der Waals surface area contributed by atoms with Gasteiger partial charge < -0.3 is 18.9 Å². The molecule has 6 rings (SSSR count). The van der Waals surface area contributed by atoms with Gasteiger partial charge in [0.2, 0.25) is 17.7 Å². The van der Waals surface area contributed by atoms with E-state index >= 15 is 0 Å². The minimum atomic E-state index is -0.177. The Labute approximate surface area is 240 Å². The number of nitrogens with zero attached hydrogens (tertiary/aromatic N) is 7. The van der Waals surface area contributed by atoms with Crippen LogP contribution in [0.3, 0.4) is 0 Å². The summed E-state index contributed by atoms with van der Waals surface area (Å²) in [6, 6.07) is 12.3. The third-order valence-electron chi connectivity index (χ3n) is 7.99. The number of ether oxygens (including phenoxy) is 2. The van der Waals surface area contributed by atoms with E-state index in [0.717, 1.165) is 80.1 Å². The van der Waals surface area contributed by atoms with Gasteiger partial charge in [0.25, 0.3) is 0 Å². The second kappa shape index (κ2) is 11.4. The predicted molar refractivity (Wildman–Crippen MR) is 156 cm³/mol. The zero-order valence-corrected chi connectivity index (χ0v) is 24.0. The van der Waals surface area contributed by atoms with Crippen LogP contribution in [-0.2, 0) is 11.3 Å². The number of carbonyl (C=O) groups is 1. The number of imidazole rings is 1. The van der Waals surface area contributed by atoms with Gasteiger partial charge in [-0.1, -0.05) is 30.3 Å². The van der Waals surface area contributed by atoms with Crippen molar-refractivity contribution in [3.05, 3.63) is 60.0 Å². The molecule has 0 bridgehead atoms. The molecule has 3 aromatic heterocycles. The number of benzene rings is 1. The molecule has 0 spiro atoms. The lowest BCUT2D eigenvalue weighted by molar-refractivity contribution is -0.130. The van der Waals surface area contributed by atoms with E-state index in [1.807, 2.05) is 35.4 Å². The molecule has 1 saturated carbocycles. The topological polar surface area (TPSA) is 98.5 Å². The Hall–Kier alpha value is -4.05. The van der Waals surface area contributed by atoms with Crippen LogP contribution in [0, 0.1) is 6.92 Å². The molecule has 10 heteroatoms. The van der Waals surface area contributed by atoms with E-state index in [4.69, 9.17) is 14.5 Å². The Morgan fingerprint density at radius 3 is 2.54 bits per heavy atom. The molecule has 0 radical (unpaired) electrons. The molecular weight excluding hydrogens is 518 g/mol. The SMILES string of the molecule is CC(=O)N1CCN(CCCOc2cc(C)c(-c3nc4c(OC5(C)CC5)ncnc4n3Cc3ccccc3)cn2)CC1. The summed E-state index contributed by atoms with van der Waals surface area (Å²) in [5.74, 6) is 2.06. The number of pyridine rings is 1. The molecule has 214 valence electrons. The first-order chi connectivity index (χ1) is 19.9. The summed E-state index contributed by atoms with van der Waals surface area (Å²) in [7, 11) is 0. The van der Waals surface area contributed by atoms with Crippen molar-refractivity contribution in [1.29, 1.82) is 0 Å². The number of piperazine rings is 1. The fourth-order valence-electron chi connectivity index (χ4n) is 5.22. The monoisotopic (exact) mass is 555 g/mol. The predicted octanol–water partition coefficient (Wildman–Crippen LogP) is 4.11. The van der Waals surface area contributed by atoms with Crippen LogP contribution in [0.5, 0.6) is 11.8 Å². The van der Waals surface area contributed by atoms with Crippen LogP contribution < -0.4 is 9.47 Å². The molecule has 0 N–H and O–H groups in total. The van der Waals surface area contributed by atoms with Crippen LogP contribution >= 0.6 is 0 Å². The molecule has 1 aliphatic carbocycles. The quantitative estimate of drug-likeness (QED) is 0.270. The molecule has 41 heavy (non-hydrogen) atoms. The Morgan fingerprint density at radius 1 is 1.05 bits per heavy atom. The summed E-state index contributed by atoms with van der Waals surface area (Å²) >= 11 is 0. The van der Waals surface area contributed by atoms with Gasteiger partial charge in [-0.15, -0.1) is 0 Å². The summed E-state index contributed by atoms with van der Waals surface area (Å²) in [6.45, 7) is 11.3. The van der Waals surface area contributed by atoms with Crippen LogP contribution in [0.15, 0.2) is 48.9 Å². The van der Waals surface area contributed by atoms with Gasteiger partial charge in [0.15, 0.2) is 11.2 Å². The van der Waals surface area contributed by atoms with Crippen LogP contribution in [0.2, 0.25) is 0 Å². The highest BCUT2D eigenvalue weighted by Gasteiger charge is 2.41. The van der Waals surface area contributed by atoms with Gasteiger partial charge in [-0.2, -0.15) is 4.98 Å². The highest BCUT2D eigenvalue weighted by atomic mass is 16.5. The number of aromatic nitrogens is 5. The average molecular weight is 556 g/mol. The number of hydrogen-bond donors (Lipinski definition) is 0. The van der Waals surface area contributed by atoms with Crippen molar-refractivity contribution < 1.29 is 14.3 Å². The molecule has 1 aromatic carbocycles. The third-order valence-corrected chi connectivity index (χ3v) is 7.99. The second-order valence-electron chi connectivity index (χ2n) is 11.3. The Morgan fingerprint density at radius 2 is 1.83 bits per heavy atom. The number of aryl methyl sites for hydroxylation is 1. The molecule has 4 aromatic rings. The molecular formula is C31H37N7O3. The first-order valence-electron chi connectivity index (χ1n) is 14.4. The van der Waals surface area contributed by atoms with Crippen molar-refractivity contribution >= 4 is 17.1 Å². The van der Waals surface area contributed by atoms with Crippen molar-refractivity contribution in [1.82, 2.24) is 34.3 Å². The van der Waals surface area contributed by atoms with E-state index in [2.05, 4.69) is 50.4 Å². The molecule has 0 unspecified atom stereocenters. The molecule has 1 amide bonds. The van der Waals surface area contributed by atoms with E-state index in [9.17, 15) is 4.79 Å². The normalized spacial score (nSPS) is 16.6. The number of fused-ring (bicyclic) bond motifs is 1. The van der Waals surface area contributed by atoms with E-state index in [0.29, 0.717) is 30.4 Å². The Kier molecular flexibility index (Phi) is 7.57. The molecule has 0 atom stereocenters. The first kappa shape index (κ1) is 27.1. The van der Waals surface area contributed by atoms with Crippen LogP contribution in [-0.4, -0.2) is 85.1 Å². The van der Waals surface area contributed by atoms with Gasteiger partial charge >= 0.3 is 0 Å². The molecule has 1 aliphatic heterocycles. The summed E-state index contributed by atoms with van der Waals surface area (Å²) in [4.78, 5) is 34.6. The van der Waals surface area contributed by atoms with Gasteiger partial charge in [0.1, 0.15) is 17.8 Å². The fraction of sp³-hybridized carbons (Fsp3) is 0.452. The highest BCUT2D eigenvalue weighted by Crippen LogP contribution is 2.41. The second-order valence-corrected chi connectivity index (χ2v) is 11.3. The lowest BCUT2D eigenvalue weighted by atomic mass is 10.1. The summed E-state index contributed by atoms with van der Waals surface area (Å²) in [6.07, 6.45) is 6.32. The first-order valence-corrected chi connectivity index (χ1v) is 14.4. The zero-order chi connectivity index (χ0) is 28.4. The standard InChI is InChI=1S/C31H37N7O3/c1-22-18-26(40-17-7-12-36-13-15-37(16-14-36)23(2)39)32-19-25(22)28-35-27-29(38(28)20-24-8-5-4-6-9-24)33-21-34-30(27)41-31(3)10-11-31/h4-6,8-9,18-19,21H,7,10-17,20H2,1-3H3. The van der Waals surface area contributed by atoms with E-state index in [-0.39, 0.29) is 11.5 Å². The third kappa shape index (κ3) is 6.17. The Balaban J connectivity index is 1.19. The summed E-state index contributed by atoms with van der Waals surface area (Å²) in [5, 5.41) is 0. The van der Waals surface area contributed by atoms with Gasteiger partial charge in [0, 0.05) is 57.5 Å². The maximum absolute atomic E-state index is 11.5.